The number of benzene rings is 1. The second kappa shape index (κ2) is 6.99. The van der Waals surface area contributed by atoms with Gasteiger partial charge in [-0.3, -0.25) is 9.78 Å². The molecule has 4 rings (SSSR count). The van der Waals surface area contributed by atoms with Crippen LogP contribution in [0.15, 0.2) is 48.7 Å². The van der Waals surface area contributed by atoms with Gasteiger partial charge in [-0.25, -0.2) is 0 Å². The maximum atomic E-state index is 12.6. The molecule has 1 aromatic carbocycles. The van der Waals surface area contributed by atoms with Crippen molar-refractivity contribution in [2.75, 3.05) is 6.54 Å². The summed E-state index contributed by atoms with van der Waals surface area (Å²) in [6, 6.07) is 10.5. The number of rotatable bonds is 3. The zero-order valence-electron chi connectivity index (χ0n) is 14.7. The number of fused-ring (bicyclic) bond motifs is 1. The van der Waals surface area contributed by atoms with Gasteiger partial charge in [0.25, 0.3) is 5.91 Å². The third-order valence-corrected chi connectivity index (χ3v) is 4.58. The second-order valence-corrected chi connectivity index (χ2v) is 6.50. The smallest absolute Gasteiger partial charge is 0.358 e. The van der Waals surface area contributed by atoms with E-state index in [1.54, 1.807) is 18.3 Å². The lowest BCUT2D eigenvalue weighted by molar-refractivity contribution is -0.137. The molecule has 2 N–H and O–H groups in total. The molecule has 4 nitrogen and oxygen atoms in total. The fourth-order valence-electron chi connectivity index (χ4n) is 3.12. The van der Waals surface area contributed by atoms with Crippen LogP contribution in [0.25, 0.3) is 23.4 Å². The van der Waals surface area contributed by atoms with Crippen molar-refractivity contribution >= 4 is 18.1 Å². The third kappa shape index (κ3) is 3.69. The van der Waals surface area contributed by atoms with Crippen molar-refractivity contribution in [2.24, 2.45) is 0 Å². The Morgan fingerprint density at radius 3 is 2.54 bits per heavy atom. The topological polar surface area (TPSA) is 57.8 Å². The van der Waals surface area contributed by atoms with E-state index in [2.05, 4.69) is 15.3 Å². The Kier molecular flexibility index (Phi) is 4.50. The summed E-state index contributed by atoms with van der Waals surface area (Å²) in [5, 5.41) is 2.81. The number of nitrogens with one attached hydrogen (secondary N) is 2. The molecule has 0 radical (unpaired) electrons. The monoisotopic (exact) mass is 383 g/mol. The Bertz CT molecular complexity index is 1050. The first-order valence-electron chi connectivity index (χ1n) is 8.72. The van der Waals surface area contributed by atoms with E-state index in [1.807, 2.05) is 18.2 Å². The molecule has 0 atom stereocenters. The molecule has 3 heterocycles. The quantitative estimate of drug-likeness (QED) is 0.697. The molecular weight excluding hydrogens is 367 g/mol. The van der Waals surface area contributed by atoms with Gasteiger partial charge in [0.15, 0.2) is 0 Å². The number of pyridine rings is 1. The SMILES string of the molecule is O=C1NCCc2[nH]c(-c3ccnc(C=Cc4ccc(C(F)(F)F)cc4)c3)cc21. The number of hydrogen-bond acceptors (Lipinski definition) is 2. The van der Waals surface area contributed by atoms with E-state index < -0.39 is 11.7 Å². The van der Waals surface area contributed by atoms with Gasteiger partial charge < -0.3 is 10.3 Å². The summed E-state index contributed by atoms with van der Waals surface area (Å²) in [4.78, 5) is 19.5. The molecule has 0 saturated carbocycles. The van der Waals surface area contributed by atoms with Crippen molar-refractivity contribution in [2.45, 2.75) is 12.6 Å². The average Bonchev–Trinajstić information content (AvgIpc) is 3.12. The fraction of sp³-hybridized carbons (Fsp3) is 0.143. The summed E-state index contributed by atoms with van der Waals surface area (Å²) in [6.45, 7) is 0.614. The number of alkyl halides is 3. The highest BCUT2D eigenvalue weighted by molar-refractivity contribution is 5.97. The summed E-state index contributed by atoms with van der Waals surface area (Å²) in [7, 11) is 0. The summed E-state index contributed by atoms with van der Waals surface area (Å²) in [6.07, 6.45) is 1.51. The van der Waals surface area contributed by atoms with Gasteiger partial charge in [0.2, 0.25) is 0 Å². The minimum absolute atomic E-state index is 0.0831. The van der Waals surface area contributed by atoms with Crippen LogP contribution in [0.5, 0.6) is 0 Å². The standard InChI is InChI=1S/C21H16F3N3O/c22-21(23,24)15-4-1-13(2-5-15)3-6-16-11-14(7-9-25-16)19-12-17-18(27-19)8-10-26-20(17)28/h1-7,9,11-12,27H,8,10H2,(H,26,28). The lowest BCUT2D eigenvalue weighted by atomic mass is 10.1. The van der Waals surface area contributed by atoms with Crippen molar-refractivity contribution < 1.29 is 18.0 Å². The summed E-state index contributed by atoms with van der Waals surface area (Å²) < 4.78 is 37.9. The van der Waals surface area contributed by atoms with Crippen LogP contribution in [0.4, 0.5) is 13.2 Å². The molecule has 1 aliphatic heterocycles. The van der Waals surface area contributed by atoms with Gasteiger partial charge in [-0.1, -0.05) is 18.2 Å². The van der Waals surface area contributed by atoms with Crippen molar-refractivity contribution in [3.63, 3.8) is 0 Å². The number of H-pyrrole nitrogens is 1. The number of amides is 1. The first-order chi connectivity index (χ1) is 13.4. The maximum absolute atomic E-state index is 12.6. The molecule has 0 saturated heterocycles. The lowest BCUT2D eigenvalue weighted by Crippen LogP contribution is -2.31. The van der Waals surface area contributed by atoms with Crippen LogP contribution >= 0.6 is 0 Å². The van der Waals surface area contributed by atoms with E-state index in [4.69, 9.17) is 0 Å². The van der Waals surface area contributed by atoms with E-state index in [9.17, 15) is 18.0 Å². The summed E-state index contributed by atoms with van der Waals surface area (Å²) in [5.41, 5.74) is 3.90. The highest BCUT2D eigenvalue weighted by Gasteiger charge is 2.29. The predicted octanol–water partition coefficient (Wildman–Crippen LogP) is 4.55. The van der Waals surface area contributed by atoms with Gasteiger partial charge in [0, 0.05) is 36.1 Å². The van der Waals surface area contributed by atoms with E-state index in [0.29, 0.717) is 23.4 Å². The Hall–Kier alpha value is -3.35. The van der Waals surface area contributed by atoms with E-state index >= 15 is 0 Å². The van der Waals surface area contributed by atoms with Gasteiger partial charge in [-0.15, -0.1) is 0 Å². The maximum Gasteiger partial charge on any atom is 0.416 e. The molecule has 7 heteroatoms. The Balaban J connectivity index is 1.56. The predicted molar refractivity (Wildman–Crippen MR) is 100 cm³/mol. The Labute approximate surface area is 159 Å². The number of aromatic amines is 1. The van der Waals surface area contributed by atoms with E-state index in [1.165, 1.54) is 12.1 Å². The van der Waals surface area contributed by atoms with E-state index in [-0.39, 0.29) is 5.91 Å². The molecule has 0 aliphatic carbocycles. The summed E-state index contributed by atoms with van der Waals surface area (Å²) in [5.74, 6) is -0.0831. The van der Waals surface area contributed by atoms with Gasteiger partial charge in [0.1, 0.15) is 0 Å². The van der Waals surface area contributed by atoms with Crippen LogP contribution in [0, 0.1) is 0 Å². The number of carbonyl (C=O) groups excluding carboxylic acids is 1. The van der Waals surface area contributed by atoms with Crippen molar-refractivity contribution in [3.05, 3.63) is 76.7 Å². The largest absolute Gasteiger partial charge is 0.416 e. The number of nitrogens with zero attached hydrogens (tertiary/aromatic N) is 1. The molecule has 1 amide bonds. The highest BCUT2D eigenvalue weighted by atomic mass is 19.4. The van der Waals surface area contributed by atoms with Gasteiger partial charge in [-0.05, 0) is 42.0 Å². The number of carbonyl (C=O) groups is 1. The zero-order chi connectivity index (χ0) is 19.7. The molecule has 3 aromatic rings. The number of hydrogen-bond donors (Lipinski definition) is 2. The van der Waals surface area contributed by atoms with E-state index in [0.717, 1.165) is 35.5 Å². The van der Waals surface area contributed by atoms with Crippen LogP contribution in [0.2, 0.25) is 0 Å². The minimum atomic E-state index is -4.34. The molecule has 0 bridgehead atoms. The normalized spacial score (nSPS) is 14.2. The lowest BCUT2D eigenvalue weighted by Gasteiger charge is -2.10. The Morgan fingerprint density at radius 2 is 1.82 bits per heavy atom. The van der Waals surface area contributed by atoms with Crippen molar-refractivity contribution in [3.8, 4) is 11.3 Å². The van der Waals surface area contributed by atoms with Crippen LogP contribution in [-0.2, 0) is 12.6 Å². The van der Waals surface area contributed by atoms with Crippen molar-refractivity contribution in [1.29, 1.82) is 0 Å². The van der Waals surface area contributed by atoms with Gasteiger partial charge >= 0.3 is 6.18 Å². The molecule has 0 unspecified atom stereocenters. The number of halogens is 3. The number of aromatic nitrogens is 2. The van der Waals surface area contributed by atoms with Gasteiger partial charge in [-0.2, -0.15) is 13.2 Å². The average molecular weight is 383 g/mol. The first-order valence-corrected chi connectivity index (χ1v) is 8.72. The highest BCUT2D eigenvalue weighted by Crippen LogP contribution is 2.29. The molecule has 1 aliphatic rings. The molecule has 28 heavy (non-hydrogen) atoms. The molecule has 2 aromatic heterocycles. The fourth-order valence-corrected chi connectivity index (χ4v) is 3.12. The molecule has 0 spiro atoms. The van der Waals surface area contributed by atoms with Crippen LogP contribution in [0.3, 0.4) is 0 Å². The second-order valence-electron chi connectivity index (χ2n) is 6.50. The molecule has 0 fully saturated rings. The molecule has 142 valence electrons. The Morgan fingerprint density at radius 1 is 1.04 bits per heavy atom. The summed E-state index contributed by atoms with van der Waals surface area (Å²) >= 11 is 0. The van der Waals surface area contributed by atoms with Crippen LogP contribution in [0.1, 0.15) is 32.9 Å². The first kappa shape index (κ1) is 18.0. The van der Waals surface area contributed by atoms with Crippen LogP contribution < -0.4 is 5.32 Å². The van der Waals surface area contributed by atoms with Crippen molar-refractivity contribution in [1.82, 2.24) is 15.3 Å². The third-order valence-electron chi connectivity index (χ3n) is 4.58. The molecular formula is C21H16F3N3O. The van der Waals surface area contributed by atoms with Crippen LogP contribution in [-0.4, -0.2) is 22.4 Å². The van der Waals surface area contributed by atoms with Gasteiger partial charge in [0.05, 0.1) is 16.8 Å². The minimum Gasteiger partial charge on any atom is -0.358 e. The zero-order valence-corrected chi connectivity index (χ0v) is 14.7.